The van der Waals surface area contributed by atoms with Gasteiger partial charge in [-0.25, -0.2) is 0 Å². The van der Waals surface area contributed by atoms with Gasteiger partial charge in [-0.1, -0.05) is 12.1 Å². The third kappa shape index (κ3) is 2.06. The fraction of sp³-hybridized carbons (Fsp3) is 0.750. The highest BCUT2D eigenvalue weighted by Crippen LogP contribution is 2.39. The Bertz CT molecular complexity index is 419. The van der Waals surface area contributed by atoms with Gasteiger partial charge < -0.3 is 9.42 Å². The highest BCUT2D eigenvalue weighted by atomic mass is 16.5. The third-order valence-corrected chi connectivity index (χ3v) is 3.45. The molecule has 2 aliphatic rings. The van der Waals surface area contributed by atoms with E-state index in [1.165, 1.54) is 12.8 Å². The minimum absolute atomic E-state index is 0.241. The quantitative estimate of drug-likeness (QED) is 0.796. The Morgan fingerprint density at radius 1 is 1.41 bits per heavy atom. The number of hydrogen-bond acceptors (Lipinski definition) is 4. The molecular formula is C12H17N3O2. The molecule has 1 saturated carbocycles. The molecule has 3 rings (SSSR count). The Hall–Kier alpha value is -1.39. The maximum atomic E-state index is 11.6. The average molecular weight is 235 g/mol. The lowest BCUT2D eigenvalue weighted by Crippen LogP contribution is -2.48. The molecule has 2 fully saturated rings. The summed E-state index contributed by atoms with van der Waals surface area (Å²) in [5, 5.41) is 4.00. The molecule has 1 aliphatic carbocycles. The van der Waals surface area contributed by atoms with E-state index in [0.29, 0.717) is 18.2 Å². The number of likely N-dealkylation sites (tertiary alicyclic amines) is 1. The SMILES string of the molecule is CCCC(=O)N1CC(c2nc(C3CC3)no2)C1. The van der Waals surface area contributed by atoms with E-state index < -0.39 is 0 Å². The van der Waals surface area contributed by atoms with Gasteiger partial charge in [0, 0.05) is 25.4 Å². The van der Waals surface area contributed by atoms with Crippen molar-refractivity contribution in [3.05, 3.63) is 11.7 Å². The van der Waals surface area contributed by atoms with Crippen molar-refractivity contribution in [2.75, 3.05) is 13.1 Å². The van der Waals surface area contributed by atoms with Crippen LogP contribution in [-0.2, 0) is 4.79 Å². The molecule has 0 unspecified atom stereocenters. The molecule has 1 saturated heterocycles. The lowest BCUT2D eigenvalue weighted by molar-refractivity contribution is -0.136. The van der Waals surface area contributed by atoms with E-state index >= 15 is 0 Å². The van der Waals surface area contributed by atoms with Gasteiger partial charge in [-0.15, -0.1) is 0 Å². The summed E-state index contributed by atoms with van der Waals surface area (Å²) in [5.41, 5.74) is 0. The molecule has 1 aliphatic heterocycles. The largest absolute Gasteiger partial charge is 0.341 e. The van der Waals surface area contributed by atoms with E-state index in [-0.39, 0.29) is 11.8 Å². The molecule has 5 heteroatoms. The fourth-order valence-corrected chi connectivity index (χ4v) is 2.13. The Morgan fingerprint density at radius 2 is 2.18 bits per heavy atom. The van der Waals surface area contributed by atoms with Crippen molar-refractivity contribution < 1.29 is 9.32 Å². The van der Waals surface area contributed by atoms with Gasteiger partial charge >= 0.3 is 0 Å². The van der Waals surface area contributed by atoms with Gasteiger partial charge in [-0.05, 0) is 19.3 Å². The first-order valence-corrected chi connectivity index (χ1v) is 6.39. The summed E-state index contributed by atoms with van der Waals surface area (Å²) >= 11 is 0. The second-order valence-corrected chi connectivity index (χ2v) is 5.01. The van der Waals surface area contributed by atoms with Crippen LogP contribution in [-0.4, -0.2) is 34.0 Å². The average Bonchev–Trinajstić information content (AvgIpc) is 2.98. The number of carbonyl (C=O) groups excluding carboxylic acids is 1. The van der Waals surface area contributed by atoms with Gasteiger partial charge in [-0.3, -0.25) is 4.79 Å². The van der Waals surface area contributed by atoms with Crippen molar-refractivity contribution in [3.63, 3.8) is 0 Å². The summed E-state index contributed by atoms with van der Waals surface area (Å²) in [4.78, 5) is 17.9. The number of hydrogen-bond donors (Lipinski definition) is 0. The highest BCUT2D eigenvalue weighted by Gasteiger charge is 2.36. The minimum Gasteiger partial charge on any atom is -0.341 e. The zero-order valence-electron chi connectivity index (χ0n) is 10.1. The Morgan fingerprint density at radius 3 is 2.82 bits per heavy atom. The van der Waals surface area contributed by atoms with Crippen LogP contribution >= 0.6 is 0 Å². The Balaban J connectivity index is 1.55. The second-order valence-electron chi connectivity index (χ2n) is 5.01. The summed E-state index contributed by atoms with van der Waals surface area (Å²) in [5.74, 6) is 2.61. The predicted molar refractivity (Wildman–Crippen MR) is 60.5 cm³/mol. The predicted octanol–water partition coefficient (Wildman–Crippen LogP) is 1.67. The molecule has 0 radical (unpaired) electrons. The van der Waals surface area contributed by atoms with Crippen LogP contribution in [0.4, 0.5) is 0 Å². The highest BCUT2D eigenvalue weighted by molar-refractivity contribution is 5.77. The summed E-state index contributed by atoms with van der Waals surface area (Å²) in [6.45, 7) is 3.51. The maximum Gasteiger partial charge on any atom is 0.233 e. The number of rotatable bonds is 4. The van der Waals surface area contributed by atoms with Crippen LogP contribution in [0.3, 0.4) is 0 Å². The fourth-order valence-electron chi connectivity index (χ4n) is 2.13. The number of carbonyl (C=O) groups is 1. The zero-order chi connectivity index (χ0) is 11.8. The van der Waals surface area contributed by atoms with E-state index in [1.54, 1.807) is 0 Å². The summed E-state index contributed by atoms with van der Waals surface area (Å²) < 4.78 is 5.26. The lowest BCUT2D eigenvalue weighted by Gasteiger charge is -2.37. The van der Waals surface area contributed by atoms with E-state index in [4.69, 9.17) is 4.52 Å². The third-order valence-electron chi connectivity index (χ3n) is 3.45. The van der Waals surface area contributed by atoms with Gasteiger partial charge in [0.2, 0.25) is 11.8 Å². The van der Waals surface area contributed by atoms with Gasteiger partial charge in [0.15, 0.2) is 5.82 Å². The molecule has 0 spiro atoms. The second kappa shape index (κ2) is 4.13. The topological polar surface area (TPSA) is 59.2 Å². The number of nitrogens with zero attached hydrogens (tertiary/aromatic N) is 3. The molecular weight excluding hydrogens is 218 g/mol. The first-order chi connectivity index (χ1) is 8.28. The van der Waals surface area contributed by atoms with Crippen molar-refractivity contribution >= 4 is 5.91 Å². The van der Waals surface area contributed by atoms with Crippen LogP contribution in [0.2, 0.25) is 0 Å². The van der Waals surface area contributed by atoms with E-state index in [1.807, 2.05) is 11.8 Å². The summed E-state index contributed by atoms with van der Waals surface area (Å²) in [6.07, 6.45) is 3.92. The first kappa shape index (κ1) is 10.7. The summed E-state index contributed by atoms with van der Waals surface area (Å²) in [7, 11) is 0. The zero-order valence-corrected chi connectivity index (χ0v) is 10.1. The molecule has 92 valence electrons. The van der Waals surface area contributed by atoms with Crippen LogP contribution in [0.1, 0.15) is 56.2 Å². The smallest absolute Gasteiger partial charge is 0.233 e. The van der Waals surface area contributed by atoms with E-state index in [9.17, 15) is 4.79 Å². The number of aromatic nitrogens is 2. The lowest BCUT2D eigenvalue weighted by atomic mass is 9.99. The Labute approximate surface area is 100 Å². The molecule has 0 N–H and O–H groups in total. The van der Waals surface area contributed by atoms with Gasteiger partial charge in [0.25, 0.3) is 0 Å². The summed E-state index contributed by atoms with van der Waals surface area (Å²) in [6, 6.07) is 0. The van der Waals surface area contributed by atoms with Crippen LogP contribution in [0.15, 0.2) is 4.52 Å². The Kier molecular flexibility index (Phi) is 2.61. The molecule has 2 heterocycles. The van der Waals surface area contributed by atoms with Crippen molar-refractivity contribution in [1.29, 1.82) is 0 Å². The number of amides is 1. The van der Waals surface area contributed by atoms with Gasteiger partial charge in [-0.2, -0.15) is 4.98 Å². The molecule has 0 aromatic carbocycles. The molecule has 5 nitrogen and oxygen atoms in total. The van der Waals surface area contributed by atoms with Crippen molar-refractivity contribution in [2.24, 2.45) is 0 Å². The van der Waals surface area contributed by atoms with E-state index in [0.717, 1.165) is 25.3 Å². The standard InChI is InChI=1S/C12H17N3O2/c1-2-3-10(16)15-6-9(7-15)12-13-11(14-17-12)8-4-5-8/h8-9H,2-7H2,1H3. The minimum atomic E-state index is 0.241. The van der Waals surface area contributed by atoms with Crippen LogP contribution in [0.25, 0.3) is 0 Å². The maximum absolute atomic E-state index is 11.6. The molecule has 1 aromatic rings. The van der Waals surface area contributed by atoms with E-state index in [2.05, 4.69) is 10.1 Å². The molecule has 17 heavy (non-hydrogen) atoms. The first-order valence-electron chi connectivity index (χ1n) is 6.39. The monoisotopic (exact) mass is 235 g/mol. The molecule has 0 atom stereocenters. The molecule has 1 aromatic heterocycles. The normalized spacial score (nSPS) is 20.4. The van der Waals surface area contributed by atoms with Crippen molar-refractivity contribution in [3.8, 4) is 0 Å². The van der Waals surface area contributed by atoms with Crippen LogP contribution in [0, 0.1) is 0 Å². The van der Waals surface area contributed by atoms with Crippen molar-refractivity contribution in [1.82, 2.24) is 15.0 Å². The van der Waals surface area contributed by atoms with Crippen LogP contribution < -0.4 is 0 Å². The van der Waals surface area contributed by atoms with Crippen molar-refractivity contribution in [2.45, 2.75) is 44.4 Å². The van der Waals surface area contributed by atoms with Gasteiger partial charge in [0.05, 0.1) is 5.92 Å². The van der Waals surface area contributed by atoms with Crippen LogP contribution in [0.5, 0.6) is 0 Å². The molecule has 1 amide bonds. The van der Waals surface area contributed by atoms with Gasteiger partial charge in [0.1, 0.15) is 0 Å². The molecule has 0 bridgehead atoms.